The summed E-state index contributed by atoms with van der Waals surface area (Å²) in [7, 11) is 1.56. The number of carbonyl (C=O) groups is 2. The highest BCUT2D eigenvalue weighted by Crippen LogP contribution is 2.17. The average Bonchev–Trinajstić information content (AvgIpc) is 2.44. The van der Waals surface area contributed by atoms with Gasteiger partial charge in [0.15, 0.2) is 6.04 Å². The maximum atomic E-state index is 11.7. The number of benzene rings is 1. The van der Waals surface area contributed by atoms with Crippen LogP contribution in [0.2, 0.25) is 0 Å². The normalized spacial score (nSPS) is 14.7. The van der Waals surface area contributed by atoms with E-state index in [1.54, 1.807) is 38.3 Å². The lowest BCUT2D eigenvalue weighted by molar-refractivity contribution is -0.141. The lowest BCUT2D eigenvalue weighted by atomic mass is 10.1. The molecule has 116 valence electrons. The number of ether oxygens (including phenoxy) is 1. The van der Waals surface area contributed by atoms with Gasteiger partial charge in [-0.3, -0.25) is 0 Å². The highest BCUT2D eigenvalue weighted by atomic mass is 16.5. The number of aliphatic hydroxyl groups excluding tert-OH is 1. The Kier molecular flexibility index (Phi) is 5.98. The van der Waals surface area contributed by atoms with Crippen LogP contribution in [0.3, 0.4) is 0 Å². The van der Waals surface area contributed by atoms with Crippen molar-refractivity contribution < 1.29 is 24.5 Å². The zero-order valence-corrected chi connectivity index (χ0v) is 12.2. The summed E-state index contributed by atoms with van der Waals surface area (Å²) in [6.07, 6.45) is -1.19. The molecular weight excluding hydrogens is 276 g/mol. The van der Waals surface area contributed by atoms with Gasteiger partial charge in [0.05, 0.1) is 19.3 Å². The average molecular weight is 296 g/mol. The Balaban J connectivity index is 2.62. The quantitative estimate of drug-likeness (QED) is 0.623. The van der Waals surface area contributed by atoms with Crippen molar-refractivity contribution in [1.82, 2.24) is 10.6 Å². The molecule has 0 fully saturated rings. The van der Waals surface area contributed by atoms with E-state index in [9.17, 15) is 14.7 Å². The van der Waals surface area contributed by atoms with Gasteiger partial charge in [-0.25, -0.2) is 9.59 Å². The molecular formula is C14H20N2O5. The highest BCUT2D eigenvalue weighted by molar-refractivity contribution is 5.83. The first-order valence-electron chi connectivity index (χ1n) is 6.47. The molecule has 3 atom stereocenters. The van der Waals surface area contributed by atoms with E-state index in [1.807, 2.05) is 0 Å². The number of carboxylic acids is 1. The fourth-order valence-corrected chi connectivity index (χ4v) is 1.74. The van der Waals surface area contributed by atoms with Crippen molar-refractivity contribution in [2.24, 2.45) is 0 Å². The zero-order chi connectivity index (χ0) is 16.0. The van der Waals surface area contributed by atoms with Crippen molar-refractivity contribution in [1.29, 1.82) is 0 Å². The molecule has 1 rings (SSSR count). The Hall–Kier alpha value is -2.28. The first kappa shape index (κ1) is 16.8. The fourth-order valence-electron chi connectivity index (χ4n) is 1.74. The number of amides is 2. The first-order chi connectivity index (χ1) is 9.85. The molecule has 2 amide bonds. The summed E-state index contributed by atoms with van der Waals surface area (Å²) in [5.74, 6) is -0.590. The summed E-state index contributed by atoms with van der Waals surface area (Å²) in [5, 5.41) is 23.0. The van der Waals surface area contributed by atoms with E-state index in [0.29, 0.717) is 5.75 Å². The van der Waals surface area contributed by atoms with Gasteiger partial charge < -0.3 is 25.6 Å². The third kappa shape index (κ3) is 4.96. The topological polar surface area (TPSA) is 108 Å². The molecule has 0 heterocycles. The van der Waals surface area contributed by atoms with Crippen molar-refractivity contribution >= 4 is 12.0 Å². The molecule has 0 aromatic heterocycles. The predicted octanol–water partition coefficient (Wildman–Crippen LogP) is 0.889. The van der Waals surface area contributed by atoms with E-state index in [0.717, 1.165) is 5.56 Å². The summed E-state index contributed by atoms with van der Waals surface area (Å²) in [6, 6.07) is 4.79. The molecule has 0 aliphatic rings. The zero-order valence-electron chi connectivity index (χ0n) is 12.2. The predicted molar refractivity (Wildman–Crippen MR) is 76.2 cm³/mol. The van der Waals surface area contributed by atoms with Gasteiger partial charge in [-0.05, 0) is 31.5 Å². The van der Waals surface area contributed by atoms with Crippen LogP contribution in [0, 0.1) is 0 Å². The van der Waals surface area contributed by atoms with Gasteiger partial charge in [0.2, 0.25) is 0 Å². The molecule has 7 heteroatoms. The molecule has 0 radical (unpaired) electrons. The summed E-state index contributed by atoms with van der Waals surface area (Å²) < 4.78 is 5.04. The van der Waals surface area contributed by atoms with E-state index in [2.05, 4.69) is 10.6 Å². The van der Waals surface area contributed by atoms with E-state index in [4.69, 9.17) is 9.84 Å². The minimum Gasteiger partial charge on any atom is -0.497 e. The third-order valence-corrected chi connectivity index (χ3v) is 3.00. The number of methoxy groups -OCH3 is 1. The van der Waals surface area contributed by atoms with Gasteiger partial charge in [0.25, 0.3) is 0 Å². The van der Waals surface area contributed by atoms with Gasteiger partial charge >= 0.3 is 12.0 Å². The largest absolute Gasteiger partial charge is 0.497 e. The summed E-state index contributed by atoms with van der Waals surface area (Å²) >= 11 is 0. The summed E-state index contributed by atoms with van der Waals surface area (Å²) in [4.78, 5) is 22.6. The molecule has 1 unspecified atom stereocenters. The van der Waals surface area contributed by atoms with Crippen LogP contribution < -0.4 is 15.4 Å². The smallest absolute Gasteiger partial charge is 0.328 e. The van der Waals surface area contributed by atoms with Gasteiger partial charge in [-0.1, -0.05) is 12.1 Å². The lowest BCUT2D eigenvalue weighted by Gasteiger charge is -2.20. The number of carbonyl (C=O) groups excluding carboxylic acids is 1. The number of hydrogen-bond donors (Lipinski definition) is 4. The second kappa shape index (κ2) is 7.49. The number of hydrogen-bond acceptors (Lipinski definition) is 4. The number of carboxylic acid groups (broad SMARTS) is 1. The van der Waals surface area contributed by atoms with Gasteiger partial charge in [-0.2, -0.15) is 0 Å². The van der Waals surface area contributed by atoms with Crippen LogP contribution in [0.1, 0.15) is 25.5 Å². The van der Waals surface area contributed by atoms with E-state index < -0.39 is 24.1 Å². The van der Waals surface area contributed by atoms with Crippen LogP contribution in [-0.4, -0.2) is 41.5 Å². The van der Waals surface area contributed by atoms with Crippen molar-refractivity contribution in [2.45, 2.75) is 32.0 Å². The second-order valence-corrected chi connectivity index (χ2v) is 4.67. The molecule has 21 heavy (non-hydrogen) atoms. The van der Waals surface area contributed by atoms with E-state index >= 15 is 0 Å². The monoisotopic (exact) mass is 296 g/mol. The minimum atomic E-state index is -1.35. The molecule has 0 saturated heterocycles. The highest BCUT2D eigenvalue weighted by Gasteiger charge is 2.25. The number of nitrogens with one attached hydrogen (secondary N) is 2. The van der Waals surface area contributed by atoms with Crippen LogP contribution in [0.4, 0.5) is 4.79 Å². The van der Waals surface area contributed by atoms with Crippen molar-refractivity contribution in [3.8, 4) is 5.75 Å². The third-order valence-electron chi connectivity index (χ3n) is 3.00. The number of aliphatic hydroxyl groups is 1. The Labute approximate surface area is 122 Å². The number of aliphatic carboxylic acids is 1. The number of urea groups is 1. The Morgan fingerprint density at radius 1 is 1.14 bits per heavy atom. The van der Waals surface area contributed by atoms with Gasteiger partial charge in [-0.15, -0.1) is 0 Å². The molecule has 0 bridgehead atoms. The number of rotatable bonds is 6. The van der Waals surface area contributed by atoms with Crippen LogP contribution in [0.5, 0.6) is 5.75 Å². The van der Waals surface area contributed by atoms with Crippen molar-refractivity contribution in [2.75, 3.05) is 7.11 Å². The van der Waals surface area contributed by atoms with Gasteiger partial charge in [0, 0.05) is 0 Å². The van der Waals surface area contributed by atoms with Crippen LogP contribution in [0.15, 0.2) is 24.3 Å². The van der Waals surface area contributed by atoms with Gasteiger partial charge in [0.1, 0.15) is 5.75 Å². The van der Waals surface area contributed by atoms with E-state index in [1.165, 1.54) is 6.92 Å². The van der Waals surface area contributed by atoms with Crippen molar-refractivity contribution in [3.05, 3.63) is 29.8 Å². The summed E-state index contributed by atoms with van der Waals surface area (Å²) in [5.41, 5.74) is 0.842. The lowest BCUT2D eigenvalue weighted by Crippen LogP contribution is -2.51. The molecule has 7 nitrogen and oxygen atoms in total. The minimum absolute atomic E-state index is 0.320. The van der Waals surface area contributed by atoms with Crippen LogP contribution >= 0.6 is 0 Å². The molecule has 0 aliphatic carbocycles. The standard InChI is InChI=1S/C14H20N2O5/c1-8(10-4-6-11(21-3)7-5-10)15-14(20)16-12(9(2)17)13(18)19/h4-9,12,17H,1-3H3,(H,18,19)(H2,15,16,20)/t8?,9-,12+/m1/s1. The molecule has 1 aromatic carbocycles. The molecule has 0 saturated carbocycles. The molecule has 0 aliphatic heterocycles. The van der Waals surface area contributed by atoms with Crippen molar-refractivity contribution in [3.63, 3.8) is 0 Å². The van der Waals surface area contributed by atoms with Crippen LogP contribution in [0.25, 0.3) is 0 Å². The SMILES string of the molecule is COc1ccc(C(C)NC(=O)N[C@H](C(=O)O)[C@@H](C)O)cc1. The Morgan fingerprint density at radius 2 is 1.71 bits per heavy atom. The van der Waals surface area contributed by atoms with E-state index in [-0.39, 0.29) is 6.04 Å². The summed E-state index contributed by atoms with van der Waals surface area (Å²) in [6.45, 7) is 3.06. The van der Waals surface area contributed by atoms with Crippen LogP contribution in [-0.2, 0) is 4.79 Å². The second-order valence-electron chi connectivity index (χ2n) is 4.67. The maximum absolute atomic E-state index is 11.7. The Morgan fingerprint density at radius 3 is 2.14 bits per heavy atom. The maximum Gasteiger partial charge on any atom is 0.328 e. The fraction of sp³-hybridized carbons (Fsp3) is 0.429. The molecule has 1 aromatic rings. The molecule has 4 N–H and O–H groups in total. The first-order valence-corrected chi connectivity index (χ1v) is 6.47. The molecule has 0 spiro atoms. The Bertz CT molecular complexity index is 487.